The lowest BCUT2D eigenvalue weighted by Crippen LogP contribution is -2.48. The van der Waals surface area contributed by atoms with Gasteiger partial charge in [0.2, 0.25) is 5.91 Å². The molecule has 29 heavy (non-hydrogen) atoms. The van der Waals surface area contributed by atoms with Crippen molar-refractivity contribution in [3.05, 3.63) is 29.6 Å². The van der Waals surface area contributed by atoms with Gasteiger partial charge in [0.1, 0.15) is 11.6 Å². The summed E-state index contributed by atoms with van der Waals surface area (Å²) in [5.74, 6) is 0.0257. The van der Waals surface area contributed by atoms with Gasteiger partial charge in [-0.25, -0.2) is 4.39 Å². The third-order valence-corrected chi connectivity index (χ3v) is 5.69. The summed E-state index contributed by atoms with van der Waals surface area (Å²) in [7, 11) is 3.27. The zero-order valence-electron chi connectivity index (χ0n) is 18.2. The molecule has 1 aromatic rings. The number of methoxy groups -OCH3 is 1. The van der Waals surface area contributed by atoms with E-state index in [0.717, 1.165) is 25.7 Å². The van der Waals surface area contributed by atoms with Gasteiger partial charge < -0.3 is 20.3 Å². The van der Waals surface area contributed by atoms with Crippen LogP contribution >= 0.6 is 0 Å². The lowest BCUT2D eigenvalue weighted by atomic mass is 9.86. The van der Waals surface area contributed by atoms with Crippen LogP contribution in [0.4, 0.5) is 4.39 Å². The fourth-order valence-electron chi connectivity index (χ4n) is 3.45. The Labute approximate surface area is 173 Å². The Kier molecular flexibility index (Phi) is 8.02. The molecule has 6 nitrogen and oxygen atoms in total. The van der Waals surface area contributed by atoms with Gasteiger partial charge in [-0.15, -0.1) is 0 Å². The van der Waals surface area contributed by atoms with Crippen molar-refractivity contribution in [2.75, 3.05) is 27.2 Å². The van der Waals surface area contributed by atoms with Crippen LogP contribution in [0.1, 0.15) is 56.8 Å². The van der Waals surface area contributed by atoms with Crippen LogP contribution in [-0.2, 0) is 4.79 Å². The zero-order valence-corrected chi connectivity index (χ0v) is 18.2. The molecule has 0 bridgehead atoms. The van der Waals surface area contributed by atoms with E-state index < -0.39 is 5.82 Å². The molecular weight excluding hydrogens is 373 g/mol. The van der Waals surface area contributed by atoms with Crippen molar-refractivity contribution in [1.29, 1.82) is 0 Å². The predicted molar refractivity (Wildman–Crippen MR) is 112 cm³/mol. The average molecular weight is 408 g/mol. The van der Waals surface area contributed by atoms with Crippen molar-refractivity contribution in [1.82, 2.24) is 15.5 Å². The van der Waals surface area contributed by atoms with Gasteiger partial charge in [-0.2, -0.15) is 0 Å². The number of hydrogen-bond donors (Lipinski definition) is 2. The standard InChI is InChI=1S/C22H34FN3O3/c1-22(2,3)26(4)20(27)14-24-18-8-6-15(7-9-18)13-25-21(28)16-10-17(23)12-19(11-16)29-5/h10-12,15,18,24H,6-9,13-14H2,1-5H3,(H,25,28)/t15-,18-. The van der Waals surface area contributed by atoms with Crippen molar-refractivity contribution in [3.8, 4) is 5.75 Å². The largest absolute Gasteiger partial charge is 0.497 e. The predicted octanol–water partition coefficient (Wildman–Crippen LogP) is 2.97. The number of halogens is 1. The van der Waals surface area contributed by atoms with Gasteiger partial charge in [0.25, 0.3) is 5.91 Å². The Morgan fingerprint density at radius 1 is 1.17 bits per heavy atom. The second-order valence-corrected chi connectivity index (χ2v) is 8.81. The maximum atomic E-state index is 13.6. The van der Waals surface area contributed by atoms with Gasteiger partial charge in [0.05, 0.1) is 13.7 Å². The summed E-state index contributed by atoms with van der Waals surface area (Å²) in [6.07, 6.45) is 3.91. The third kappa shape index (κ3) is 6.99. The number of rotatable bonds is 7. The molecule has 0 aliphatic heterocycles. The van der Waals surface area contributed by atoms with Crippen LogP contribution in [0.2, 0.25) is 0 Å². The van der Waals surface area contributed by atoms with E-state index in [4.69, 9.17) is 4.74 Å². The highest BCUT2D eigenvalue weighted by molar-refractivity contribution is 5.94. The summed E-state index contributed by atoms with van der Waals surface area (Å²) in [4.78, 5) is 26.3. The Morgan fingerprint density at radius 3 is 2.41 bits per heavy atom. The molecule has 0 heterocycles. The molecule has 0 saturated heterocycles. The minimum absolute atomic E-state index is 0.0948. The molecule has 7 heteroatoms. The Hall–Kier alpha value is -2.15. The maximum absolute atomic E-state index is 13.6. The molecule has 1 aliphatic carbocycles. The van der Waals surface area contributed by atoms with Crippen LogP contribution in [0.15, 0.2) is 18.2 Å². The Morgan fingerprint density at radius 2 is 1.83 bits per heavy atom. The number of amides is 2. The van der Waals surface area contributed by atoms with Crippen molar-refractivity contribution < 1.29 is 18.7 Å². The van der Waals surface area contributed by atoms with Gasteiger partial charge in [-0.3, -0.25) is 9.59 Å². The molecule has 2 amide bonds. The van der Waals surface area contributed by atoms with Crippen molar-refractivity contribution >= 4 is 11.8 Å². The number of benzene rings is 1. The molecule has 1 fully saturated rings. The smallest absolute Gasteiger partial charge is 0.251 e. The van der Waals surface area contributed by atoms with Crippen LogP contribution in [-0.4, -0.2) is 55.5 Å². The summed E-state index contributed by atoms with van der Waals surface area (Å²) in [5, 5.41) is 6.27. The molecule has 1 aromatic carbocycles. The van der Waals surface area contributed by atoms with Crippen LogP contribution in [0.5, 0.6) is 5.75 Å². The highest BCUT2D eigenvalue weighted by Crippen LogP contribution is 2.24. The van der Waals surface area contributed by atoms with E-state index in [9.17, 15) is 14.0 Å². The minimum atomic E-state index is -0.493. The van der Waals surface area contributed by atoms with Crippen LogP contribution in [0.25, 0.3) is 0 Å². The van der Waals surface area contributed by atoms with Crippen LogP contribution in [0, 0.1) is 11.7 Å². The number of ether oxygens (including phenoxy) is 1. The highest BCUT2D eigenvalue weighted by Gasteiger charge is 2.25. The second kappa shape index (κ2) is 10.1. The monoisotopic (exact) mass is 407 g/mol. The van der Waals surface area contributed by atoms with Gasteiger partial charge in [0, 0.05) is 36.8 Å². The van der Waals surface area contributed by atoms with Gasteiger partial charge in [-0.1, -0.05) is 0 Å². The van der Waals surface area contributed by atoms with E-state index in [1.54, 1.807) is 4.90 Å². The first kappa shape index (κ1) is 23.1. The highest BCUT2D eigenvalue weighted by atomic mass is 19.1. The first-order chi connectivity index (χ1) is 13.6. The summed E-state index contributed by atoms with van der Waals surface area (Å²) in [6.45, 7) is 6.97. The van der Waals surface area contributed by atoms with Crippen molar-refractivity contribution in [2.45, 2.75) is 58.0 Å². The summed E-state index contributed by atoms with van der Waals surface area (Å²) >= 11 is 0. The van der Waals surface area contributed by atoms with Crippen LogP contribution in [0.3, 0.4) is 0 Å². The maximum Gasteiger partial charge on any atom is 0.251 e. The van der Waals surface area contributed by atoms with Crippen LogP contribution < -0.4 is 15.4 Å². The molecule has 0 spiro atoms. The number of likely N-dealkylation sites (N-methyl/N-ethyl adjacent to an activating group) is 1. The fourth-order valence-corrected chi connectivity index (χ4v) is 3.45. The topological polar surface area (TPSA) is 70.7 Å². The van der Waals surface area contributed by atoms with Crippen molar-refractivity contribution in [2.24, 2.45) is 5.92 Å². The number of carbonyl (C=O) groups is 2. The second-order valence-electron chi connectivity index (χ2n) is 8.81. The first-order valence-electron chi connectivity index (χ1n) is 10.2. The number of carbonyl (C=O) groups excluding carboxylic acids is 2. The van der Waals surface area contributed by atoms with E-state index in [2.05, 4.69) is 10.6 Å². The SMILES string of the molecule is COc1cc(F)cc(C(=O)NC[C@H]2CC[C@H](NCC(=O)N(C)C(C)(C)C)CC2)c1. The van der Waals surface area contributed by atoms with Gasteiger partial charge >= 0.3 is 0 Å². The fraction of sp³-hybridized carbons (Fsp3) is 0.636. The number of nitrogens with zero attached hydrogens (tertiary/aromatic N) is 1. The number of nitrogens with one attached hydrogen (secondary N) is 2. The van der Waals surface area contributed by atoms with E-state index in [1.165, 1.54) is 25.3 Å². The zero-order chi connectivity index (χ0) is 21.6. The molecule has 1 aliphatic rings. The summed E-state index contributed by atoms with van der Waals surface area (Å²) in [6, 6.07) is 4.32. The van der Waals surface area contributed by atoms with E-state index in [0.29, 0.717) is 30.8 Å². The van der Waals surface area contributed by atoms with E-state index >= 15 is 0 Å². The Bertz CT molecular complexity index is 710. The normalized spacial score (nSPS) is 19.5. The van der Waals surface area contributed by atoms with Gasteiger partial charge in [-0.05, 0) is 64.5 Å². The molecular formula is C22H34FN3O3. The lowest BCUT2D eigenvalue weighted by molar-refractivity contribution is -0.133. The molecule has 1 saturated carbocycles. The van der Waals surface area contributed by atoms with E-state index in [1.807, 2.05) is 27.8 Å². The summed E-state index contributed by atoms with van der Waals surface area (Å²) < 4.78 is 18.6. The minimum Gasteiger partial charge on any atom is -0.497 e. The molecule has 2 N–H and O–H groups in total. The van der Waals surface area contributed by atoms with E-state index in [-0.39, 0.29) is 22.9 Å². The van der Waals surface area contributed by atoms with Gasteiger partial charge in [0.15, 0.2) is 0 Å². The van der Waals surface area contributed by atoms with Crippen molar-refractivity contribution in [3.63, 3.8) is 0 Å². The molecule has 0 atom stereocenters. The average Bonchev–Trinajstić information content (AvgIpc) is 2.69. The molecule has 0 radical (unpaired) electrons. The molecule has 0 aromatic heterocycles. The summed E-state index contributed by atoms with van der Waals surface area (Å²) in [5.41, 5.74) is 0.0824. The Balaban J connectivity index is 1.73. The molecule has 162 valence electrons. The quantitative estimate of drug-likeness (QED) is 0.729. The first-order valence-corrected chi connectivity index (χ1v) is 10.2. The molecule has 0 unspecified atom stereocenters. The molecule has 2 rings (SSSR count). The lowest BCUT2D eigenvalue weighted by Gasteiger charge is -2.33. The number of hydrogen-bond acceptors (Lipinski definition) is 4. The third-order valence-electron chi connectivity index (χ3n) is 5.69.